The fourth-order valence-corrected chi connectivity index (χ4v) is 5.18. The third-order valence-electron chi connectivity index (χ3n) is 5.78. The maximum atomic E-state index is 12.8. The fraction of sp³-hybridized carbons (Fsp3) is 0.423. The molecule has 33 heavy (non-hydrogen) atoms. The van der Waals surface area contributed by atoms with Crippen LogP contribution < -0.4 is 5.32 Å². The second kappa shape index (κ2) is 10.9. The van der Waals surface area contributed by atoms with Crippen molar-refractivity contribution in [3.63, 3.8) is 0 Å². The summed E-state index contributed by atoms with van der Waals surface area (Å²) in [6.45, 7) is 5.67. The van der Waals surface area contributed by atoms with Crippen LogP contribution in [0.5, 0.6) is 0 Å². The summed E-state index contributed by atoms with van der Waals surface area (Å²) in [6, 6.07) is 15.7. The molecule has 2 amide bonds. The number of rotatable bonds is 8. The van der Waals surface area contributed by atoms with E-state index in [1.165, 1.54) is 4.70 Å². The Morgan fingerprint density at radius 1 is 1.06 bits per heavy atom. The van der Waals surface area contributed by atoms with Crippen LogP contribution in [0, 0.1) is 0 Å². The summed E-state index contributed by atoms with van der Waals surface area (Å²) >= 11 is 1.73. The zero-order valence-electron chi connectivity index (χ0n) is 19.3. The predicted octanol–water partition coefficient (Wildman–Crippen LogP) is 4.57. The molecule has 1 saturated heterocycles. The van der Waals surface area contributed by atoms with E-state index in [-0.39, 0.29) is 24.0 Å². The minimum atomic E-state index is 0.0284. The van der Waals surface area contributed by atoms with E-state index in [0.717, 1.165) is 35.4 Å². The van der Waals surface area contributed by atoms with Crippen molar-refractivity contribution in [2.24, 2.45) is 0 Å². The van der Waals surface area contributed by atoms with Crippen molar-refractivity contribution in [3.8, 4) is 0 Å². The Hall–Kier alpha value is -2.77. The molecule has 4 rings (SSSR count). The van der Waals surface area contributed by atoms with Gasteiger partial charge in [-0.1, -0.05) is 24.3 Å². The van der Waals surface area contributed by atoms with Crippen molar-refractivity contribution < 1.29 is 14.3 Å². The number of amides is 2. The molecule has 2 aromatic carbocycles. The molecule has 1 aliphatic heterocycles. The fourth-order valence-electron chi connectivity index (χ4n) is 4.17. The number of nitrogens with one attached hydrogen (secondary N) is 1. The summed E-state index contributed by atoms with van der Waals surface area (Å²) in [5.41, 5.74) is 2.70. The number of carbonyl (C=O) groups excluding carboxylic acids is 2. The van der Waals surface area contributed by atoms with Crippen LogP contribution in [-0.2, 0) is 22.5 Å². The van der Waals surface area contributed by atoms with Gasteiger partial charge in [-0.05, 0) is 62.9 Å². The van der Waals surface area contributed by atoms with Crippen LogP contribution in [0.4, 0.5) is 0 Å². The molecular formula is C26H31N3O3S. The van der Waals surface area contributed by atoms with Crippen LogP contribution >= 0.6 is 11.3 Å². The first-order valence-electron chi connectivity index (χ1n) is 11.6. The molecule has 0 aliphatic carbocycles. The van der Waals surface area contributed by atoms with Gasteiger partial charge in [0.2, 0.25) is 5.91 Å². The van der Waals surface area contributed by atoms with E-state index in [4.69, 9.17) is 4.74 Å². The molecule has 0 radical (unpaired) electrons. The lowest BCUT2D eigenvalue weighted by Crippen LogP contribution is -2.48. The largest absolute Gasteiger partial charge is 0.372 e. The number of aryl methyl sites for hydroxylation is 1. The van der Waals surface area contributed by atoms with E-state index in [2.05, 4.69) is 16.4 Å². The Morgan fingerprint density at radius 2 is 1.79 bits per heavy atom. The number of morpholine rings is 1. The van der Waals surface area contributed by atoms with Gasteiger partial charge in [0.1, 0.15) is 0 Å². The Kier molecular flexibility index (Phi) is 7.73. The van der Waals surface area contributed by atoms with Crippen molar-refractivity contribution >= 4 is 33.4 Å². The summed E-state index contributed by atoms with van der Waals surface area (Å²) < 4.78 is 6.92. The third-order valence-corrected chi connectivity index (χ3v) is 6.88. The highest BCUT2D eigenvalue weighted by molar-refractivity contribution is 7.18. The van der Waals surface area contributed by atoms with Gasteiger partial charge in [0.05, 0.1) is 27.4 Å². The molecule has 2 heterocycles. The zero-order valence-corrected chi connectivity index (χ0v) is 20.1. The Labute approximate surface area is 199 Å². The SMILES string of the molecule is CC1CN(C(=O)c2ccc(CNC(=O)CCCCc3nc4ccccc4s3)cc2)CC(C)O1. The maximum Gasteiger partial charge on any atom is 0.254 e. The molecule has 2 atom stereocenters. The summed E-state index contributed by atoms with van der Waals surface area (Å²) in [4.78, 5) is 31.5. The van der Waals surface area contributed by atoms with Gasteiger partial charge in [-0.15, -0.1) is 11.3 Å². The maximum absolute atomic E-state index is 12.8. The van der Waals surface area contributed by atoms with Gasteiger partial charge < -0.3 is 15.0 Å². The average molecular weight is 466 g/mol. The molecule has 0 bridgehead atoms. The molecule has 3 aromatic rings. The summed E-state index contributed by atoms with van der Waals surface area (Å²) in [5, 5.41) is 4.11. The molecule has 2 unspecified atom stereocenters. The highest BCUT2D eigenvalue weighted by Crippen LogP contribution is 2.23. The van der Waals surface area contributed by atoms with E-state index in [0.29, 0.717) is 31.6 Å². The lowest BCUT2D eigenvalue weighted by atomic mass is 10.1. The van der Waals surface area contributed by atoms with E-state index in [9.17, 15) is 9.59 Å². The van der Waals surface area contributed by atoms with Gasteiger partial charge in [0, 0.05) is 31.6 Å². The van der Waals surface area contributed by atoms with Crippen molar-refractivity contribution in [2.45, 2.75) is 58.3 Å². The number of hydrogen-bond acceptors (Lipinski definition) is 5. The molecule has 1 N–H and O–H groups in total. The van der Waals surface area contributed by atoms with Crippen molar-refractivity contribution in [1.82, 2.24) is 15.2 Å². The van der Waals surface area contributed by atoms with Crippen LogP contribution in [0.3, 0.4) is 0 Å². The highest BCUT2D eigenvalue weighted by atomic mass is 32.1. The minimum Gasteiger partial charge on any atom is -0.372 e. The zero-order chi connectivity index (χ0) is 23.2. The molecule has 0 saturated carbocycles. The number of carbonyl (C=O) groups is 2. The van der Waals surface area contributed by atoms with Gasteiger partial charge in [0.25, 0.3) is 5.91 Å². The van der Waals surface area contributed by atoms with Crippen molar-refractivity contribution in [3.05, 3.63) is 64.7 Å². The number of hydrogen-bond donors (Lipinski definition) is 1. The number of unbranched alkanes of at least 4 members (excludes halogenated alkanes) is 1. The van der Waals surface area contributed by atoms with Gasteiger partial charge in [-0.3, -0.25) is 9.59 Å². The number of thiazole rings is 1. The molecule has 7 heteroatoms. The molecule has 0 spiro atoms. The molecular weight excluding hydrogens is 434 g/mol. The van der Waals surface area contributed by atoms with Crippen molar-refractivity contribution in [1.29, 1.82) is 0 Å². The Bertz CT molecular complexity index is 1050. The van der Waals surface area contributed by atoms with Gasteiger partial charge in [-0.2, -0.15) is 0 Å². The van der Waals surface area contributed by atoms with Crippen LogP contribution in [0.15, 0.2) is 48.5 Å². The molecule has 174 valence electrons. The number of aromatic nitrogens is 1. The Morgan fingerprint density at radius 3 is 2.52 bits per heavy atom. The average Bonchev–Trinajstić information content (AvgIpc) is 3.23. The summed E-state index contributed by atoms with van der Waals surface area (Å²) in [7, 11) is 0. The summed E-state index contributed by atoms with van der Waals surface area (Å²) in [5.74, 6) is 0.0801. The first kappa shape index (κ1) is 23.4. The Balaban J connectivity index is 1.17. The van der Waals surface area contributed by atoms with Gasteiger partial charge >= 0.3 is 0 Å². The van der Waals surface area contributed by atoms with Crippen LogP contribution in [0.2, 0.25) is 0 Å². The lowest BCUT2D eigenvalue weighted by molar-refractivity contribution is -0.121. The minimum absolute atomic E-state index is 0.0284. The van der Waals surface area contributed by atoms with Gasteiger partial charge in [0.15, 0.2) is 0 Å². The van der Waals surface area contributed by atoms with E-state index >= 15 is 0 Å². The van der Waals surface area contributed by atoms with Crippen LogP contribution in [-0.4, -0.2) is 47.0 Å². The first-order valence-corrected chi connectivity index (χ1v) is 12.4. The predicted molar refractivity (Wildman–Crippen MR) is 131 cm³/mol. The van der Waals surface area contributed by atoms with Crippen LogP contribution in [0.25, 0.3) is 10.2 Å². The second-order valence-corrected chi connectivity index (χ2v) is 9.84. The number of ether oxygens (including phenoxy) is 1. The molecule has 6 nitrogen and oxygen atoms in total. The monoisotopic (exact) mass is 465 g/mol. The number of nitrogens with zero attached hydrogens (tertiary/aromatic N) is 2. The van der Waals surface area contributed by atoms with E-state index < -0.39 is 0 Å². The number of benzene rings is 2. The lowest BCUT2D eigenvalue weighted by Gasteiger charge is -2.35. The molecule has 1 aliphatic rings. The van der Waals surface area contributed by atoms with Crippen molar-refractivity contribution in [2.75, 3.05) is 13.1 Å². The molecule has 1 fully saturated rings. The number of para-hydroxylation sites is 1. The van der Waals surface area contributed by atoms with E-state index in [1.54, 1.807) is 11.3 Å². The number of fused-ring (bicyclic) bond motifs is 1. The van der Waals surface area contributed by atoms with Gasteiger partial charge in [-0.25, -0.2) is 4.98 Å². The quantitative estimate of drug-likeness (QED) is 0.495. The smallest absolute Gasteiger partial charge is 0.254 e. The molecule has 1 aromatic heterocycles. The normalized spacial score (nSPS) is 18.4. The highest BCUT2D eigenvalue weighted by Gasteiger charge is 2.26. The second-order valence-electron chi connectivity index (χ2n) is 8.72. The van der Waals surface area contributed by atoms with Crippen LogP contribution in [0.1, 0.15) is 54.0 Å². The van der Waals surface area contributed by atoms with E-state index in [1.807, 2.05) is 61.2 Å². The topological polar surface area (TPSA) is 71.5 Å². The standard InChI is InChI=1S/C26H31N3O3S/c1-18-16-29(17-19(2)32-18)26(31)21-13-11-20(12-14-21)15-27-24(30)9-5-6-10-25-28-22-7-3-4-8-23(22)33-25/h3-4,7-8,11-14,18-19H,5-6,9-10,15-17H2,1-2H3,(H,27,30). The first-order chi connectivity index (χ1) is 16.0. The summed E-state index contributed by atoms with van der Waals surface area (Å²) in [6.07, 6.45) is 3.30. The third kappa shape index (κ3) is 6.39.